The summed E-state index contributed by atoms with van der Waals surface area (Å²) in [6.45, 7) is 1.71. The lowest BCUT2D eigenvalue weighted by molar-refractivity contribution is 0.278. The maximum atomic E-state index is 12.4. The number of halogens is 2. The minimum Gasteiger partial charge on any atom is -0.330 e. The second kappa shape index (κ2) is 6.99. The van der Waals surface area contributed by atoms with Crippen LogP contribution in [0.4, 0.5) is 0 Å². The van der Waals surface area contributed by atoms with E-state index < -0.39 is 10.0 Å². The van der Waals surface area contributed by atoms with Gasteiger partial charge < -0.3 is 5.73 Å². The molecule has 8 heteroatoms. The summed E-state index contributed by atoms with van der Waals surface area (Å²) < 4.78 is 26.9. The van der Waals surface area contributed by atoms with E-state index in [0.29, 0.717) is 30.0 Å². The third kappa shape index (κ3) is 3.88. The molecule has 1 aliphatic heterocycles. The molecule has 0 atom stereocenters. The van der Waals surface area contributed by atoms with Crippen molar-refractivity contribution < 1.29 is 8.42 Å². The third-order valence-electron chi connectivity index (χ3n) is 3.22. The van der Waals surface area contributed by atoms with Crippen LogP contribution in [0.25, 0.3) is 0 Å². The molecule has 2 heterocycles. The molecule has 5 nitrogen and oxygen atoms in total. The fraction of sp³-hybridized carbons (Fsp3) is 0.545. The molecule has 0 aliphatic carbocycles. The Balaban J connectivity index is 0.00000180. The van der Waals surface area contributed by atoms with Crippen LogP contribution in [-0.4, -0.2) is 37.3 Å². The van der Waals surface area contributed by atoms with Crippen molar-refractivity contribution >= 4 is 38.4 Å². The molecule has 1 aromatic heterocycles. The highest BCUT2D eigenvalue weighted by Crippen LogP contribution is 2.24. The molecule has 0 radical (unpaired) electrons. The van der Waals surface area contributed by atoms with E-state index >= 15 is 0 Å². The zero-order chi connectivity index (χ0) is 13.2. The maximum Gasteiger partial charge on any atom is 0.244 e. The van der Waals surface area contributed by atoms with E-state index in [1.807, 2.05) is 0 Å². The van der Waals surface area contributed by atoms with E-state index in [9.17, 15) is 8.42 Å². The second-order valence-electron chi connectivity index (χ2n) is 4.42. The number of hydrogen-bond acceptors (Lipinski definition) is 4. The first-order valence-corrected chi connectivity index (χ1v) is 8.08. The zero-order valence-electron chi connectivity index (χ0n) is 10.3. The van der Waals surface area contributed by atoms with Crippen LogP contribution in [0, 0.1) is 5.92 Å². The number of pyridine rings is 1. The average Bonchev–Trinajstić information content (AvgIpc) is 2.39. The normalized spacial score (nSPS) is 18.0. The summed E-state index contributed by atoms with van der Waals surface area (Å²) in [5.41, 5.74) is 5.60. The molecule has 0 spiro atoms. The largest absolute Gasteiger partial charge is 0.330 e. The summed E-state index contributed by atoms with van der Waals surface area (Å²) in [6, 6.07) is 1.58. The van der Waals surface area contributed by atoms with Crippen molar-refractivity contribution in [2.75, 3.05) is 19.6 Å². The van der Waals surface area contributed by atoms with Crippen LogP contribution in [-0.2, 0) is 10.0 Å². The zero-order valence-corrected chi connectivity index (χ0v) is 13.5. The highest BCUT2D eigenvalue weighted by Gasteiger charge is 2.29. The summed E-state index contributed by atoms with van der Waals surface area (Å²) in [7, 11) is -3.42. The smallest absolute Gasteiger partial charge is 0.244 e. The third-order valence-corrected chi connectivity index (χ3v) is 5.52. The molecule has 2 rings (SSSR count). The van der Waals surface area contributed by atoms with Gasteiger partial charge in [0.05, 0.1) is 0 Å². The van der Waals surface area contributed by atoms with Crippen molar-refractivity contribution in [2.24, 2.45) is 11.7 Å². The maximum absolute atomic E-state index is 12.4. The van der Waals surface area contributed by atoms with Gasteiger partial charge in [0, 0.05) is 30.0 Å². The van der Waals surface area contributed by atoms with E-state index in [-0.39, 0.29) is 17.3 Å². The van der Waals surface area contributed by atoms with Crippen molar-refractivity contribution in [3.05, 3.63) is 22.9 Å². The molecule has 19 heavy (non-hydrogen) atoms. The van der Waals surface area contributed by atoms with Gasteiger partial charge in [0.15, 0.2) is 0 Å². The Labute approximate surface area is 128 Å². The van der Waals surface area contributed by atoms with Gasteiger partial charge in [0.2, 0.25) is 10.0 Å². The van der Waals surface area contributed by atoms with Crippen LogP contribution in [0.2, 0.25) is 0 Å². The topological polar surface area (TPSA) is 76.3 Å². The standard InChI is InChI=1S/C11H16BrN3O2S.ClH/c12-10-5-11(8-14-7-10)18(16,17)15-3-1-9(6-13)2-4-15;/h5,7-9H,1-4,6,13H2;1H. The summed E-state index contributed by atoms with van der Waals surface area (Å²) in [5.74, 6) is 0.442. The summed E-state index contributed by atoms with van der Waals surface area (Å²) in [5, 5.41) is 0. The molecule has 1 aliphatic rings. The van der Waals surface area contributed by atoms with Crippen molar-refractivity contribution in [3.63, 3.8) is 0 Å². The lowest BCUT2D eigenvalue weighted by Crippen LogP contribution is -2.40. The van der Waals surface area contributed by atoms with Crippen LogP contribution < -0.4 is 5.73 Å². The number of rotatable bonds is 3. The van der Waals surface area contributed by atoms with Crippen LogP contribution in [0.3, 0.4) is 0 Å². The summed E-state index contributed by atoms with van der Waals surface area (Å²) in [6.07, 6.45) is 4.61. The van der Waals surface area contributed by atoms with Crippen LogP contribution in [0.1, 0.15) is 12.8 Å². The SMILES string of the molecule is Cl.NCC1CCN(S(=O)(=O)c2cncc(Br)c2)CC1. The number of nitrogens with zero attached hydrogens (tertiary/aromatic N) is 2. The van der Waals surface area contributed by atoms with Crippen LogP contribution in [0.15, 0.2) is 27.8 Å². The van der Waals surface area contributed by atoms with E-state index in [2.05, 4.69) is 20.9 Å². The minimum atomic E-state index is -3.42. The molecule has 1 aromatic rings. The van der Waals surface area contributed by atoms with Crippen LogP contribution >= 0.6 is 28.3 Å². The molecule has 1 saturated heterocycles. The van der Waals surface area contributed by atoms with Gasteiger partial charge in [0.1, 0.15) is 4.90 Å². The predicted molar refractivity (Wildman–Crippen MR) is 79.7 cm³/mol. The van der Waals surface area contributed by atoms with Gasteiger partial charge in [-0.2, -0.15) is 4.31 Å². The Hall–Kier alpha value is -0.210. The average molecular weight is 371 g/mol. The first-order valence-electron chi connectivity index (χ1n) is 5.85. The first-order chi connectivity index (χ1) is 8.54. The Morgan fingerprint density at radius 3 is 2.53 bits per heavy atom. The molecular formula is C11H17BrClN3O2S. The summed E-state index contributed by atoms with van der Waals surface area (Å²) in [4.78, 5) is 4.14. The van der Waals surface area contributed by atoms with Gasteiger partial charge in [-0.25, -0.2) is 8.42 Å². The fourth-order valence-electron chi connectivity index (χ4n) is 2.07. The molecule has 1 fully saturated rings. The first kappa shape index (κ1) is 16.8. The van der Waals surface area contributed by atoms with Crippen LogP contribution in [0.5, 0.6) is 0 Å². The number of nitrogens with two attached hydrogens (primary N) is 1. The minimum absolute atomic E-state index is 0. The lowest BCUT2D eigenvalue weighted by atomic mass is 9.99. The Bertz CT molecular complexity index is 518. The van der Waals surface area contributed by atoms with E-state index in [1.165, 1.54) is 10.5 Å². The van der Waals surface area contributed by atoms with Gasteiger partial charge in [-0.15, -0.1) is 12.4 Å². The van der Waals surface area contributed by atoms with Crippen molar-refractivity contribution in [2.45, 2.75) is 17.7 Å². The van der Waals surface area contributed by atoms with Gasteiger partial charge in [-0.3, -0.25) is 4.98 Å². The molecule has 0 amide bonds. The molecule has 108 valence electrons. The molecule has 0 unspecified atom stereocenters. The Morgan fingerprint density at radius 2 is 2.00 bits per heavy atom. The molecule has 0 aromatic carbocycles. The molecule has 2 N–H and O–H groups in total. The van der Waals surface area contributed by atoms with Crippen molar-refractivity contribution in [1.29, 1.82) is 0 Å². The monoisotopic (exact) mass is 369 g/mol. The quantitative estimate of drug-likeness (QED) is 0.877. The number of hydrogen-bond donors (Lipinski definition) is 1. The van der Waals surface area contributed by atoms with Gasteiger partial charge in [-0.05, 0) is 47.3 Å². The van der Waals surface area contributed by atoms with Gasteiger partial charge in [-0.1, -0.05) is 0 Å². The van der Waals surface area contributed by atoms with E-state index in [1.54, 1.807) is 12.3 Å². The fourth-order valence-corrected chi connectivity index (χ4v) is 4.04. The Morgan fingerprint density at radius 1 is 1.37 bits per heavy atom. The summed E-state index contributed by atoms with van der Waals surface area (Å²) >= 11 is 3.24. The number of piperidine rings is 1. The van der Waals surface area contributed by atoms with Gasteiger partial charge in [0.25, 0.3) is 0 Å². The highest BCUT2D eigenvalue weighted by molar-refractivity contribution is 9.10. The number of aromatic nitrogens is 1. The Kier molecular flexibility index (Phi) is 6.19. The van der Waals surface area contributed by atoms with E-state index in [4.69, 9.17) is 5.73 Å². The molecule has 0 bridgehead atoms. The van der Waals surface area contributed by atoms with Crippen molar-refractivity contribution in [1.82, 2.24) is 9.29 Å². The molecular weight excluding hydrogens is 354 g/mol. The molecule has 0 saturated carbocycles. The number of sulfonamides is 1. The predicted octanol–water partition coefficient (Wildman–Crippen LogP) is 1.63. The van der Waals surface area contributed by atoms with Gasteiger partial charge >= 0.3 is 0 Å². The van der Waals surface area contributed by atoms with E-state index in [0.717, 1.165) is 12.8 Å². The van der Waals surface area contributed by atoms with Crippen molar-refractivity contribution in [3.8, 4) is 0 Å². The lowest BCUT2D eigenvalue weighted by Gasteiger charge is -2.30. The highest BCUT2D eigenvalue weighted by atomic mass is 79.9. The second-order valence-corrected chi connectivity index (χ2v) is 7.28.